The van der Waals surface area contributed by atoms with Crippen LogP contribution in [0.4, 0.5) is 4.39 Å². The predicted molar refractivity (Wildman–Crippen MR) is 85.9 cm³/mol. The maximum Gasteiger partial charge on any atom is 0.123 e. The lowest BCUT2D eigenvalue weighted by molar-refractivity contribution is 0.344. The highest BCUT2D eigenvalue weighted by Gasteiger charge is 2.13. The standard InChI is InChI=1S/C18H23FN2/c1-3-21(2)14-13-20-18(15-7-5-4-6-8-15)16-9-11-17(19)12-10-16/h4-12,18,20H,3,13-14H2,1-2H3. The maximum atomic E-state index is 13.1. The van der Waals surface area contributed by atoms with E-state index in [1.165, 1.54) is 17.7 Å². The van der Waals surface area contributed by atoms with E-state index >= 15 is 0 Å². The normalized spacial score (nSPS) is 12.6. The van der Waals surface area contributed by atoms with Gasteiger partial charge in [0.15, 0.2) is 0 Å². The summed E-state index contributed by atoms with van der Waals surface area (Å²) in [4.78, 5) is 2.26. The van der Waals surface area contributed by atoms with Crippen molar-refractivity contribution >= 4 is 0 Å². The highest BCUT2D eigenvalue weighted by Crippen LogP contribution is 2.22. The van der Waals surface area contributed by atoms with Gasteiger partial charge in [-0.05, 0) is 36.9 Å². The van der Waals surface area contributed by atoms with Gasteiger partial charge in [-0.2, -0.15) is 0 Å². The smallest absolute Gasteiger partial charge is 0.123 e. The Morgan fingerprint density at radius 3 is 2.24 bits per heavy atom. The molecule has 2 rings (SSSR count). The van der Waals surface area contributed by atoms with Crippen molar-refractivity contribution < 1.29 is 4.39 Å². The zero-order valence-electron chi connectivity index (χ0n) is 12.7. The third-order valence-electron chi connectivity index (χ3n) is 3.72. The lowest BCUT2D eigenvalue weighted by Gasteiger charge is -2.22. The molecule has 0 heterocycles. The summed E-state index contributed by atoms with van der Waals surface area (Å²) in [5.74, 6) is -0.198. The molecule has 0 bridgehead atoms. The summed E-state index contributed by atoms with van der Waals surface area (Å²) in [5, 5.41) is 3.57. The van der Waals surface area contributed by atoms with Crippen molar-refractivity contribution in [2.45, 2.75) is 13.0 Å². The molecule has 0 saturated heterocycles. The van der Waals surface area contributed by atoms with Gasteiger partial charge in [-0.1, -0.05) is 49.4 Å². The van der Waals surface area contributed by atoms with Gasteiger partial charge in [-0.3, -0.25) is 0 Å². The molecule has 0 spiro atoms. The summed E-state index contributed by atoms with van der Waals surface area (Å²) < 4.78 is 13.1. The molecule has 0 radical (unpaired) electrons. The molecule has 21 heavy (non-hydrogen) atoms. The molecule has 1 N–H and O–H groups in total. The predicted octanol–water partition coefficient (Wildman–Crippen LogP) is 3.46. The minimum atomic E-state index is -0.198. The minimum Gasteiger partial charge on any atom is -0.305 e. The van der Waals surface area contributed by atoms with E-state index in [-0.39, 0.29) is 11.9 Å². The quantitative estimate of drug-likeness (QED) is 0.838. The van der Waals surface area contributed by atoms with Crippen molar-refractivity contribution in [1.29, 1.82) is 0 Å². The summed E-state index contributed by atoms with van der Waals surface area (Å²) in [6.45, 7) is 5.06. The average Bonchev–Trinajstić information content (AvgIpc) is 2.53. The Kier molecular flexibility index (Phi) is 5.90. The van der Waals surface area contributed by atoms with E-state index < -0.39 is 0 Å². The number of halogens is 1. The van der Waals surface area contributed by atoms with Crippen molar-refractivity contribution in [2.75, 3.05) is 26.7 Å². The van der Waals surface area contributed by atoms with E-state index in [0.717, 1.165) is 25.2 Å². The Balaban J connectivity index is 2.13. The first kappa shape index (κ1) is 15.7. The molecule has 0 aliphatic heterocycles. The third kappa shape index (κ3) is 4.66. The molecule has 3 heteroatoms. The zero-order valence-corrected chi connectivity index (χ0v) is 12.7. The molecule has 0 aromatic heterocycles. The van der Waals surface area contributed by atoms with Gasteiger partial charge >= 0.3 is 0 Å². The van der Waals surface area contributed by atoms with Crippen molar-refractivity contribution in [2.24, 2.45) is 0 Å². The van der Waals surface area contributed by atoms with E-state index in [2.05, 4.69) is 36.3 Å². The Labute approximate surface area is 126 Å². The zero-order chi connectivity index (χ0) is 15.1. The summed E-state index contributed by atoms with van der Waals surface area (Å²) in [6, 6.07) is 17.1. The molecule has 0 aliphatic carbocycles. The number of hydrogen-bond donors (Lipinski definition) is 1. The van der Waals surface area contributed by atoms with Crippen LogP contribution in [0.2, 0.25) is 0 Å². The third-order valence-corrected chi connectivity index (χ3v) is 3.72. The van der Waals surface area contributed by atoms with Gasteiger partial charge in [0, 0.05) is 13.1 Å². The largest absolute Gasteiger partial charge is 0.305 e. The molecule has 2 aromatic rings. The van der Waals surface area contributed by atoms with Crippen LogP contribution in [-0.4, -0.2) is 31.6 Å². The van der Waals surface area contributed by atoms with E-state index in [1.54, 1.807) is 0 Å². The van der Waals surface area contributed by atoms with Crippen LogP contribution >= 0.6 is 0 Å². The van der Waals surface area contributed by atoms with Crippen LogP contribution in [-0.2, 0) is 0 Å². The van der Waals surface area contributed by atoms with Crippen molar-refractivity contribution in [3.63, 3.8) is 0 Å². The topological polar surface area (TPSA) is 15.3 Å². The monoisotopic (exact) mass is 286 g/mol. The van der Waals surface area contributed by atoms with Gasteiger partial charge in [0.25, 0.3) is 0 Å². The van der Waals surface area contributed by atoms with Crippen LogP contribution in [0.25, 0.3) is 0 Å². The molecule has 0 aliphatic rings. The molecule has 0 fully saturated rings. The summed E-state index contributed by atoms with van der Waals surface area (Å²) >= 11 is 0. The first-order chi connectivity index (χ1) is 10.2. The van der Waals surface area contributed by atoms with Gasteiger partial charge in [0.1, 0.15) is 5.82 Å². The first-order valence-corrected chi connectivity index (χ1v) is 7.43. The lowest BCUT2D eigenvalue weighted by atomic mass is 9.98. The molecule has 2 aromatic carbocycles. The van der Waals surface area contributed by atoms with Gasteiger partial charge in [0.05, 0.1) is 6.04 Å². The molecular formula is C18H23FN2. The van der Waals surface area contributed by atoms with E-state index in [1.807, 2.05) is 30.3 Å². The number of nitrogens with zero attached hydrogens (tertiary/aromatic N) is 1. The Morgan fingerprint density at radius 1 is 1.00 bits per heavy atom. The highest BCUT2D eigenvalue weighted by molar-refractivity contribution is 5.31. The Morgan fingerprint density at radius 2 is 1.62 bits per heavy atom. The fraction of sp³-hybridized carbons (Fsp3) is 0.333. The molecular weight excluding hydrogens is 263 g/mol. The van der Waals surface area contributed by atoms with Gasteiger partial charge < -0.3 is 10.2 Å². The van der Waals surface area contributed by atoms with Gasteiger partial charge in [0.2, 0.25) is 0 Å². The fourth-order valence-electron chi connectivity index (χ4n) is 2.29. The number of benzene rings is 2. The SMILES string of the molecule is CCN(C)CCNC(c1ccccc1)c1ccc(F)cc1. The van der Waals surface area contributed by atoms with Gasteiger partial charge in [-0.15, -0.1) is 0 Å². The van der Waals surface area contributed by atoms with Crippen LogP contribution in [0, 0.1) is 5.82 Å². The average molecular weight is 286 g/mol. The van der Waals surface area contributed by atoms with E-state index in [4.69, 9.17) is 0 Å². The second kappa shape index (κ2) is 7.91. The number of nitrogens with one attached hydrogen (secondary N) is 1. The Bertz CT molecular complexity index is 525. The van der Waals surface area contributed by atoms with Crippen molar-refractivity contribution in [1.82, 2.24) is 10.2 Å². The van der Waals surface area contributed by atoms with Crippen LogP contribution < -0.4 is 5.32 Å². The number of rotatable bonds is 7. The van der Waals surface area contributed by atoms with Crippen LogP contribution in [0.1, 0.15) is 24.1 Å². The summed E-state index contributed by atoms with van der Waals surface area (Å²) in [6.07, 6.45) is 0. The maximum absolute atomic E-state index is 13.1. The molecule has 1 unspecified atom stereocenters. The van der Waals surface area contributed by atoms with Crippen molar-refractivity contribution in [3.05, 3.63) is 71.5 Å². The van der Waals surface area contributed by atoms with Gasteiger partial charge in [-0.25, -0.2) is 4.39 Å². The minimum absolute atomic E-state index is 0.0945. The van der Waals surface area contributed by atoms with Crippen LogP contribution in [0.15, 0.2) is 54.6 Å². The summed E-state index contributed by atoms with van der Waals surface area (Å²) in [7, 11) is 2.11. The second-order valence-corrected chi connectivity index (χ2v) is 5.25. The number of hydrogen-bond acceptors (Lipinski definition) is 2. The Hall–Kier alpha value is -1.71. The number of likely N-dealkylation sites (N-methyl/N-ethyl adjacent to an activating group) is 1. The van der Waals surface area contributed by atoms with E-state index in [0.29, 0.717) is 0 Å². The first-order valence-electron chi connectivity index (χ1n) is 7.43. The molecule has 0 saturated carbocycles. The van der Waals surface area contributed by atoms with Crippen LogP contribution in [0.5, 0.6) is 0 Å². The molecule has 2 nitrogen and oxygen atoms in total. The lowest BCUT2D eigenvalue weighted by Crippen LogP contribution is -2.32. The molecule has 0 amide bonds. The molecule has 1 atom stereocenters. The van der Waals surface area contributed by atoms with Crippen LogP contribution in [0.3, 0.4) is 0 Å². The van der Waals surface area contributed by atoms with Crippen molar-refractivity contribution in [3.8, 4) is 0 Å². The fourth-order valence-corrected chi connectivity index (χ4v) is 2.29. The van der Waals surface area contributed by atoms with E-state index in [9.17, 15) is 4.39 Å². The summed E-state index contributed by atoms with van der Waals surface area (Å²) in [5.41, 5.74) is 2.28. The molecule has 112 valence electrons. The second-order valence-electron chi connectivity index (χ2n) is 5.25. The highest BCUT2D eigenvalue weighted by atomic mass is 19.1.